The number of likely N-dealkylation sites (tertiary alicyclic amines) is 1. The highest BCUT2D eigenvalue weighted by Gasteiger charge is 2.31. The average Bonchev–Trinajstić information content (AvgIpc) is 3.48. The fourth-order valence-electron chi connectivity index (χ4n) is 4.64. The molecule has 10 nitrogen and oxygen atoms in total. The van der Waals surface area contributed by atoms with E-state index in [9.17, 15) is 14.7 Å². The smallest absolute Gasteiger partial charge is 0.255 e. The number of aryl methyl sites for hydroxylation is 1. The minimum atomic E-state index is -1.06. The molecule has 2 fully saturated rings. The highest BCUT2D eigenvalue weighted by Crippen LogP contribution is 2.38. The van der Waals surface area contributed by atoms with Crippen LogP contribution in [0.15, 0.2) is 24.5 Å². The highest BCUT2D eigenvalue weighted by atomic mass is 16.5. The van der Waals surface area contributed by atoms with Gasteiger partial charge in [0.15, 0.2) is 0 Å². The second-order valence-corrected chi connectivity index (χ2v) is 9.61. The summed E-state index contributed by atoms with van der Waals surface area (Å²) in [5.41, 5.74) is 3.66. The molecule has 1 aliphatic carbocycles. The van der Waals surface area contributed by atoms with Crippen LogP contribution >= 0.6 is 0 Å². The fourth-order valence-corrected chi connectivity index (χ4v) is 4.64. The Balaban J connectivity index is 1.44. The monoisotopic (exact) mass is 493 g/mol. The number of hydrogen-bond donors (Lipinski definition) is 3. The molecule has 5 rings (SSSR count). The first-order valence-corrected chi connectivity index (χ1v) is 12.3. The molecule has 0 bridgehead atoms. The van der Waals surface area contributed by atoms with Crippen LogP contribution < -0.4 is 14.8 Å². The average molecular weight is 494 g/mol. The number of fused-ring (bicyclic) bond motifs is 1. The third kappa shape index (κ3) is 4.73. The zero-order valence-electron chi connectivity index (χ0n) is 20.7. The van der Waals surface area contributed by atoms with E-state index in [1.165, 1.54) is 26.1 Å². The van der Waals surface area contributed by atoms with Crippen molar-refractivity contribution in [2.45, 2.75) is 45.3 Å². The van der Waals surface area contributed by atoms with E-state index in [0.717, 1.165) is 5.56 Å². The van der Waals surface area contributed by atoms with Crippen LogP contribution in [0.5, 0.6) is 11.5 Å². The van der Waals surface area contributed by atoms with Crippen molar-refractivity contribution in [3.63, 3.8) is 0 Å². The molecule has 2 aromatic heterocycles. The minimum Gasteiger partial charge on any atom is -0.497 e. The molecule has 2 aliphatic rings. The lowest BCUT2D eigenvalue weighted by molar-refractivity contribution is -0.138. The molecule has 190 valence electrons. The molecule has 10 heteroatoms. The number of aromatic nitrogens is 3. The quantitative estimate of drug-likeness (QED) is 0.439. The Morgan fingerprint density at radius 1 is 1.28 bits per heavy atom. The number of rotatable bonds is 8. The lowest BCUT2D eigenvalue weighted by Gasteiger charge is -2.18. The Morgan fingerprint density at radius 3 is 2.81 bits per heavy atom. The largest absolute Gasteiger partial charge is 0.497 e. The summed E-state index contributed by atoms with van der Waals surface area (Å²) in [5, 5.41) is 12.6. The van der Waals surface area contributed by atoms with Gasteiger partial charge in [-0.2, -0.15) is 0 Å². The van der Waals surface area contributed by atoms with Crippen molar-refractivity contribution in [2.24, 2.45) is 5.92 Å². The van der Waals surface area contributed by atoms with Crippen molar-refractivity contribution in [1.29, 1.82) is 0 Å². The third-order valence-corrected chi connectivity index (χ3v) is 6.80. The molecule has 0 unspecified atom stereocenters. The lowest BCUT2D eigenvalue weighted by atomic mass is 10.1. The van der Waals surface area contributed by atoms with Crippen LogP contribution in [0.25, 0.3) is 22.3 Å². The van der Waals surface area contributed by atoms with E-state index in [1.54, 1.807) is 12.0 Å². The first kappa shape index (κ1) is 24.1. The van der Waals surface area contributed by atoms with Crippen LogP contribution in [0.1, 0.15) is 42.2 Å². The molecule has 3 heterocycles. The molecule has 2 atom stereocenters. The Morgan fingerprint density at radius 2 is 2.08 bits per heavy atom. The number of aromatic amines is 1. The molecule has 1 aromatic carbocycles. The van der Waals surface area contributed by atoms with Gasteiger partial charge in [-0.3, -0.25) is 9.59 Å². The summed E-state index contributed by atoms with van der Waals surface area (Å²) < 4.78 is 11.6. The molecule has 0 radical (unpaired) electrons. The predicted molar refractivity (Wildman–Crippen MR) is 133 cm³/mol. The molecule has 3 N–H and O–H groups in total. The van der Waals surface area contributed by atoms with Gasteiger partial charge in [0.05, 0.1) is 24.8 Å². The predicted octanol–water partition coefficient (Wildman–Crippen LogP) is 2.44. The maximum atomic E-state index is 13.3. The van der Waals surface area contributed by atoms with Crippen molar-refractivity contribution < 1.29 is 24.2 Å². The summed E-state index contributed by atoms with van der Waals surface area (Å²) in [6.45, 7) is 4.79. The van der Waals surface area contributed by atoms with Crippen LogP contribution in [0.2, 0.25) is 0 Å². The van der Waals surface area contributed by atoms with Crippen molar-refractivity contribution in [3.8, 4) is 22.8 Å². The molecule has 1 aliphatic heterocycles. The number of aliphatic hydroxyl groups is 1. The second kappa shape index (κ2) is 9.77. The Labute approximate surface area is 209 Å². The Hall–Kier alpha value is -3.66. The van der Waals surface area contributed by atoms with Gasteiger partial charge in [-0.05, 0) is 57.2 Å². The summed E-state index contributed by atoms with van der Waals surface area (Å²) in [6, 6.07) is 5.42. The van der Waals surface area contributed by atoms with Gasteiger partial charge in [0, 0.05) is 30.4 Å². The number of nitrogens with one attached hydrogen (secondary N) is 2. The van der Waals surface area contributed by atoms with E-state index < -0.39 is 6.10 Å². The summed E-state index contributed by atoms with van der Waals surface area (Å²) in [6.07, 6.45) is 3.38. The van der Waals surface area contributed by atoms with E-state index in [1.807, 2.05) is 25.1 Å². The van der Waals surface area contributed by atoms with E-state index >= 15 is 0 Å². The zero-order chi connectivity index (χ0) is 25.4. The standard InChI is InChI=1S/C26H31N5O5/c1-14-21(25(33)30-17-8-9-31(11-17)26(34)15(2)32)23-24(29-14)22(27-13-28-23)19-10-18(35-3)6-7-20(19)36-12-16-4-5-16/h6-7,10,13,15-17,29,32H,4-5,8-9,11-12H2,1-3H3,(H,30,33)/t15-,17+/m0/s1. The van der Waals surface area contributed by atoms with Crippen molar-refractivity contribution >= 4 is 22.8 Å². The first-order valence-electron chi connectivity index (χ1n) is 12.3. The zero-order valence-corrected chi connectivity index (χ0v) is 20.7. The lowest BCUT2D eigenvalue weighted by Crippen LogP contribution is -2.41. The van der Waals surface area contributed by atoms with E-state index in [-0.39, 0.29) is 17.9 Å². The number of ether oxygens (including phenoxy) is 2. The normalized spacial score (nSPS) is 18.3. The highest BCUT2D eigenvalue weighted by molar-refractivity contribution is 6.09. The van der Waals surface area contributed by atoms with Crippen LogP contribution in [0.4, 0.5) is 0 Å². The van der Waals surface area contributed by atoms with Gasteiger partial charge in [-0.15, -0.1) is 0 Å². The number of H-pyrrole nitrogens is 1. The molecule has 1 saturated heterocycles. The summed E-state index contributed by atoms with van der Waals surface area (Å²) in [7, 11) is 1.61. The van der Waals surface area contributed by atoms with Crippen LogP contribution in [-0.4, -0.2) is 75.7 Å². The number of aliphatic hydroxyl groups excluding tert-OH is 1. The minimum absolute atomic E-state index is 0.202. The van der Waals surface area contributed by atoms with Crippen molar-refractivity contribution in [2.75, 3.05) is 26.8 Å². The maximum Gasteiger partial charge on any atom is 0.255 e. The SMILES string of the molecule is COc1ccc(OCC2CC2)c(-c2ncnc3c(C(=O)N[C@@H]4CCN(C(=O)[C@H](C)O)C4)c(C)[nH]c23)c1. The van der Waals surface area contributed by atoms with Gasteiger partial charge in [-0.25, -0.2) is 9.97 Å². The first-order chi connectivity index (χ1) is 17.4. The number of methoxy groups -OCH3 is 1. The molecule has 2 amide bonds. The van der Waals surface area contributed by atoms with E-state index in [2.05, 4.69) is 20.3 Å². The third-order valence-electron chi connectivity index (χ3n) is 6.80. The summed E-state index contributed by atoms with van der Waals surface area (Å²) in [5.74, 6) is 1.38. The molecule has 0 spiro atoms. The number of nitrogens with zero attached hydrogens (tertiary/aromatic N) is 3. The Bertz CT molecular complexity index is 1300. The topological polar surface area (TPSA) is 130 Å². The Kier molecular flexibility index (Phi) is 6.53. The maximum absolute atomic E-state index is 13.3. The van der Waals surface area contributed by atoms with Gasteiger partial charge >= 0.3 is 0 Å². The van der Waals surface area contributed by atoms with Gasteiger partial charge < -0.3 is 29.8 Å². The number of benzene rings is 1. The summed E-state index contributed by atoms with van der Waals surface area (Å²) in [4.78, 5) is 39.3. The van der Waals surface area contributed by atoms with Gasteiger partial charge in [0.1, 0.15) is 35.1 Å². The van der Waals surface area contributed by atoms with Crippen molar-refractivity contribution in [1.82, 2.24) is 25.2 Å². The number of carbonyl (C=O) groups excluding carboxylic acids is 2. The molecule has 1 saturated carbocycles. The van der Waals surface area contributed by atoms with Crippen LogP contribution in [-0.2, 0) is 4.79 Å². The molecule has 3 aromatic rings. The molecular formula is C26H31N5O5. The number of carbonyl (C=O) groups is 2. The van der Waals surface area contributed by atoms with Gasteiger partial charge in [-0.1, -0.05) is 0 Å². The van der Waals surface area contributed by atoms with Crippen molar-refractivity contribution in [3.05, 3.63) is 35.8 Å². The number of hydrogen-bond acceptors (Lipinski definition) is 7. The van der Waals surface area contributed by atoms with Crippen LogP contribution in [0.3, 0.4) is 0 Å². The van der Waals surface area contributed by atoms with Gasteiger partial charge in [0.25, 0.3) is 11.8 Å². The second-order valence-electron chi connectivity index (χ2n) is 9.61. The van der Waals surface area contributed by atoms with Gasteiger partial charge in [0.2, 0.25) is 0 Å². The molecular weight excluding hydrogens is 462 g/mol. The molecule has 36 heavy (non-hydrogen) atoms. The van der Waals surface area contributed by atoms with E-state index in [4.69, 9.17) is 9.47 Å². The van der Waals surface area contributed by atoms with Crippen LogP contribution in [0, 0.1) is 12.8 Å². The summed E-state index contributed by atoms with van der Waals surface area (Å²) >= 11 is 0. The number of amides is 2. The fraction of sp³-hybridized carbons (Fsp3) is 0.462. The van der Waals surface area contributed by atoms with E-state index in [0.29, 0.717) is 71.5 Å².